The van der Waals surface area contributed by atoms with Crippen LogP contribution in [0.3, 0.4) is 0 Å². The number of sulfonamides is 1. The first-order chi connectivity index (χ1) is 23.6. The van der Waals surface area contributed by atoms with Crippen molar-refractivity contribution in [1.29, 1.82) is 0 Å². The number of rotatable bonds is 8. The van der Waals surface area contributed by atoms with Crippen LogP contribution >= 0.6 is 0 Å². The molecule has 50 heavy (non-hydrogen) atoms. The lowest BCUT2D eigenvalue weighted by molar-refractivity contribution is -0.141. The molecular formula is C34H32F5N5O5S. The zero-order valence-electron chi connectivity index (χ0n) is 27.1. The number of anilines is 1. The minimum atomic E-state index is -4.33. The van der Waals surface area contributed by atoms with E-state index in [9.17, 15) is 40.0 Å². The van der Waals surface area contributed by atoms with Crippen LogP contribution in [0.1, 0.15) is 32.2 Å². The highest BCUT2D eigenvalue weighted by molar-refractivity contribution is 7.92. The van der Waals surface area contributed by atoms with Crippen LogP contribution in [0.15, 0.2) is 71.3 Å². The third kappa shape index (κ3) is 7.70. The van der Waals surface area contributed by atoms with E-state index in [0.717, 1.165) is 23.3 Å². The molecule has 0 unspecified atom stereocenters. The fourth-order valence-corrected chi connectivity index (χ4v) is 6.46. The van der Waals surface area contributed by atoms with Crippen LogP contribution in [-0.4, -0.2) is 75.2 Å². The fraction of sp³-hybridized carbons (Fsp3) is 0.265. The molecule has 5 aromatic rings. The van der Waals surface area contributed by atoms with Gasteiger partial charge in [0.15, 0.2) is 5.69 Å². The first-order valence-electron chi connectivity index (χ1n) is 15.1. The Hall–Kier alpha value is -5.09. The molecule has 3 aromatic carbocycles. The first-order valence-corrected chi connectivity index (χ1v) is 17.0. The molecule has 0 saturated heterocycles. The van der Waals surface area contributed by atoms with Crippen LogP contribution in [0.25, 0.3) is 33.4 Å². The number of hydrogen-bond acceptors (Lipinski definition) is 7. The second-order valence-electron chi connectivity index (χ2n) is 11.5. The molecule has 16 heteroatoms. The maximum atomic E-state index is 13.5. The molecule has 1 N–H and O–H groups in total. The van der Waals surface area contributed by atoms with Gasteiger partial charge in [-0.2, -0.15) is 13.2 Å². The summed E-state index contributed by atoms with van der Waals surface area (Å²) >= 11 is 0. The lowest BCUT2D eigenvalue weighted by Crippen LogP contribution is -2.32. The van der Waals surface area contributed by atoms with Crippen LogP contribution in [-0.2, 0) is 29.3 Å². The van der Waals surface area contributed by atoms with Gasteiger partial charge in [0.05, 0.1) is 30.6 Å². The van der Waals surface area contributed by atoms with Gasteiger partial charge in [-0.3, -0.25) is 18.8 Å². The Kier molecular flexibility index (Phi) is 10.4. The second-order valence-corrected chi connectivity index (χ2v) is 13.4. The van der Waals surface area contributed by atoms with Crippen molar-refractivity contribution in [2.24, 2.45) is 0 Å². The SMILES string of the molecule is CN1CCn2cc(C(F)(F)F)nc2C1.CNC(=O)c1c(-c2ccc(F)cc2)oc2cc(N(CCF)S(C)(=O)=O)c(-c3cccc(C=O)c3)cc12. The molecule has 0 fully saturated rings. The van der Waals surface area contributed by atoms with Crippen molar-refractivity contribution in [3.8, 4) is 22.5 Å². The van der Waals surface area contributed by atoms with Crippen molar-refractivity contribution in [2.45, 2.75) is 19.3 Å². The molecule has 1 aliphatic rings. The van der Waals surface area contributed by atoms with Crippen molar-refractivity contribution < 1.29 is 44.4 Å². The third-order valence-electron chi connectivity index (χ3n) is 7.94. The lowest BCUT2D eigenvalue weighted by Gasteiger charge is -2.24. The number of aldehydes is 1. The number of aromatic nitrogens is 2. The van der Waals surface area contributed by atoms with E-state index in [-0.39, 0.29) is 22.6 Å². The van der Waals surface area contributed by atoms with E-state index in [4.69, 9.17) is 4.42 Å². The molecule has 0 spiro atoms. The number of furan rings is 1. The topological polar surface area (TPSA) is 118 Å². The molecule has 0 saturated carbocycles. The Morgan fingerprint density at radius 3 is 2.42 bits per heavy atom. The number of nitrogens with one attached hydrogen (secondary N) is 1. The quantitative estimate of drug-likeness (QED) is 0.151. The third-order valence-corrected chi connectivity index (χ3v) is 9.12. The molecule has 10 nitrogen and oxygen atoms in total. The Morgan fingerprint density at radius 2 is 1.80 bits per heavy atom. The number of likely N-dealkylation sites (N-methyl/N-ethyl adjacent to an activating group) is 1. The zero-order valence-corrected chi connectivity index (χ0v) is 27.9. The van der Waals surface area contributed by atoms with Gasteiger partial charge in [-0.1, -0.05) is 18.2 Å². The number of imidazole rings is 1. The minimum absolute atomic E-state index is 0.119. The Bertz CT molecular complexity index is 2150. The summed E-state index contributed by atoms with van der Waals surface area (Å²) in [5.41, 5.74) is 1.27. The summed E-state index contributed by atoms with van der Waals surface area (Å²) in [5, 5.41) is 2.92. The van der Waals surface area contributed by atoms with Crippen LogP contribution in [0.5, 0.6) is 0 Å². The molecule has 1 aliphatic heterocycles. The summed E-state index contributed by atoms with van der Waals surface area (Å²) in [6.07, 6.45) is -1.64. The van der Waals surface area contributed by atoms with E-state index in [2.05, 4.69) is 10.3 Å². The van der Waals surface area contributed by atoms with Gasteiger partial charge in [0.25, 0.3) is 5.91 Å². The Morgan fingerprint density at radius 1 is 1.08 bits per heavy atom. The van der Waals surface area contributed by atoms with Gasteiger partial charge in [0, 0.05) is 54.5 Å². The maximum absolute atomic E-state index is 13.5. The Balaban J connectivity index is 0.000000288. The summed E-state index contributed by atoms with van der Waals surface area (Å²) < 4.78 is 97.5. The number of alkyl halides is 4. The molecule has 6 rings (SSSR count). The average molecular weight is 718 g/mol. The molecule has 3 heterocycles. The number of carbonyl (C=O) groups excluding carboxylic acids is 2. The summed E-state index contributed by atoms with van der Waals surface area (Å²) in [6, 6.07) is 14.8. The summed E-state index contributed by atoms with van der Waals surface area (Å²) in [4.78, 5) is 29.8. The van der Waals surface area contributed by atoms with E-state index >= 15 is 0 Å². The first kappa shape index (κ1) is 36.2. The standard InChI is InChI=1S/C26H22F2N2O5S.C8H10F3N3/c1-29-26(32)24-21-13-20(18-5-3-4-16(12-18)15-31)22(30(11-10-27)36(2,33)34)14-23(21)35-25(24)17-6-8-19(28)9-7-17;1-13-2-3-14-4-6(8(9,10)11)12-7(14)5-13/h3-9,12-15H,10-11H2,1-2H3,(H,29,32);4H,2-3,5H2,1H3. The van der Waals surface area contributed by atoms with Gasteiger partial charge in [-0.05, 0) is 49.0 Å². The Labute approximate surface area is 284 Å². The summed E-state index contributed by atoms with van der Waals surface area (Å²) in [6.45, 7) is 0.436. The predicted molar refractivity (Wildman–Crippen MR) is 178 cm³/mol. The number of halogens is 5. The normalized spacial score (nSPS) is 13.4. The monoisotopic (exact) mass is 717 g/mol. The summed E-state index contributed by atoms with van der Waals surface area (Å²) in [5.74, 6) is -0.292. The van der Waals surface area contributed by atoms with Gasteiger partial charge >= 0.3 is 6.18 Å². The molecule has 0 radical (unpaired) electrons. The highest BCUT2D eigenvalue weighted by Crippen LogP contribution is 2.42. The van der Waals surface area contributed by atoms with E-state index < -0.39 is 46.8 Å². The number of nitrogens with zero attached hydrogens (tertiary/aromatic N) is 4. The number of hydrogen-bond donors (Lipinski definition) is 1. The maximum Gasteiger partial charge on any atom is 0.434 e. The van der Waals surface area contributed by atoms with E-state index in [1.165, 1.54) is 37.4 Å². The molecule has 264 valence electrons. The molecule has 1 amide bonds. The molecule has 0 atom stereocenters. The van der Waals surface area contributed by atoms with Crippen molar-refractivity contribution >= 4 is 38.9 Å². The number of fused-ring (bicyclic) bond motifs is 2. The van der Waals surface area contributed by atoms with Gasteiger partial charge in [-0.25, -0.2) is 22.2 Å². The highest BCUT2D eigenvalue weighted by Gasteiger charge is 2.35. The largest absolute Gasteiger partial charge is 0.455 e. The second kappa shape index (κ2) is 14.4. The van der Waals surface area contributed by atoms with Crippen LogP contribution < -0.4 is 9.62 Å². The average Bonchev–Trinajstić information content (AvgIpc) is 3.68. The minimum Gasteiger partial charge on any atom is -0.455 e. The molecular weight excluding hydrogens is 685 g/mol. The van der Waals surface area contributed by atoms with E-state index in [0.29, 0.717) is 52.8 Å². The van der Waals surface area contributed by atoms with Crippen molar-refractivity contribution in [3.05, 3.63) is 95.3 Å². The van der Waals surface area contributed by atoms with Crippen LogP contribution in [0.4, 0.5) is 27.6 Å². The number of benzene rings is 3. The van der Waals surface area contributed by atoms with Gasteiger partial charge in [0.2, 0.25) is 10.0 Å². The van der Waals surface area contributed by atoms with Crippen LogP contribution in [0.2, 0.25) is 0 Å². The van der Waals surface area contributed by atoms with Crippen molar-refractivity contribution in [2.75, 3.05) is 44.4 Å². The van der Waals surface area contributed by atoms with Gasteiger partial charge < -0.3 is 14.3 Å². The summed E-state index contributed by atoms with van der Waals surface area (Å²) in [7, 11) is -0.599. The van der Waals surface area contributed by atoms with Gasteiger partial charge in [-0.15, -0.1) is 0 Å². The molecule has 2 aromatic heterocycles. The van der Waals surface area contributed by atoms with E-state index in [1.54, 1.807) is 34.9 Å². The smallest absolute Gasteiger partial charge is 0.434 e. The predicted octanol–water partition coefficient (Wildman–Crippen LogP) is 6.16. The zero-order chi connectivity index (χ0) is 36.4. The fourth-order valence-electron chi connectivity index (χ4n) is 5.56. The molecule has 0 aliphatic carbocycles. The number of carbonyl (C=O) groups is 2. The highest BCUT2D eigenvalue weighted by atomic mass is 32.2. The number of amides is 1. The van der Waals surface area contributed by atoms with Crippen molar-refractivity contribution in [3.63, 3.8) is 0 Å². The van der Waals surface area contributed by atoms with Gasteiger partial charge in [0.1, 0.15) is 35.9 Å². The molecule has 0 bridgehead atoms. The van der Waals surface area contributed by atoms with Crippen LogP contribution in [0, 0.1) is 5.82 Å². The van der Waals surface area contributed by atoms with E-state index in [1.807, 2.05) is 11.9 Å². The lowest BCUT2D eigenvalue weighted by atomic mass is 9.97. The van der Waals surface area contributed by atoms with Crippen molar-refractivity contribution in [1.82, 2.24) is 19.8 Å².